The third-order valence-corrected chi connectivity index (χ3v) is 10.1. The molecule has 308 valence electrons. The number of anilines is 4. The van der Waals surface area contributed by atoms with Crippen LogP contribution in [0.5, 0.6) is 11.5 Å². The lowest BCUT2D eigenvalue weighted by Crippen LogP contribution is -2.43. The second kappa shape index (κ2) is 21.4. The molecule has 0 atom stereocenters. The van der Waals surface area contributed by atoms with Crippen LogP contribution in [0.3, 0.4) is 0 Å². The summed E-state index contributed by atoms with van der Waals surface area (Å²) in [6.07, 6.45) is 6.61. The van der Waals surface area contributed by atoms with Crippen molar-refractivity contribution < 1.29 is 33.0 Å². The van der Waals surface area contributed by atoms with Crippen LogP contribution in [0.25, 0.3) is 0 Å². The average molecular weight is 875 g/mol. The summed E-state index contributed by atoms with van der Waals surface area (Å²) in [7, 11) is 6.92. The number of hydrogen-bond donors (Lipinski definition) is 5. The number of nitrogens with zero attached hydrogens (tertiary/aromatic N) is 6. The predicted octanol–water partition coefficient (Wildman–Crippen LogP) is 6.91. The van der Waals surface area contributed by atoms with Crippen molar-refractivity contribution in [3.8, 4) is 11.5 Å². The lowest BCUT2D eigenvalue weighted by Gasteiger charge is -2.29. The molecule has 57 heavy (non-hydrogen) atoms. The summed E-state index contributed by atoms with van der Waals surface area (Å²) in [5.74, 6) is -2.92. The summed E-state index contributed by atoms with van der Waals surface area (Å²) >= 11 is 23.1. The highest BCUT2D eigenvalue weighted by atomic mass is 35.5. The molecule has 2 aliphatic heterocycles. The molecule has 21 heteroatoms. The number of carbonyl (C=O) groups is 2. The first-order valence-electron chi connectivity index (χ1n) is 17.4. The molecule has 0 aliphatic carbocycles. The molecule has 2 aliphatic rings. The fourth-order valence-electron chi connectivity index (χ4n) is 5.48. The van der Waals surface area contributed by atoms with E-state index in [4.69, 9.17) is 66.7 Å². The molecule has 15 nitrogen and oxygen atoms in total. The van der Waals surface area contributed by atoms with E-state index >= 15 is 0 Å². The Hall–Kier alpha value is -4.36. The molecule has 2 saturated heterocycles. The van der Waals surface area contributed by atoms with Crippen molar-refractivity contribution >= 4 is 81.6 Å². The number of aromatic carboxylic acids is 1. The maximum atomic E-state index is 14.6. The zero-order valence-corrected chi connectivity index (χ0v) is 34.4. The molecular weight excluding hydrogens is 832 g/mol. The van der Waals surface area contributed by atoms with Gasteiger partial charge in [0, 0.05) is 24.2 Å². The van der Waals surface area contributed by atoms with E-state index in [2.05, 4.69) is 52.7 Å². The van der Waals surface area contributed by atoms with Gasteiger partial charge < -0.3 is 46.1 Å². The number of carboxylic acid groups (broad SMARTS) is 1. The monoisotopic (exact) mass is 872 g/mol. The number of ether oxygens (including phenoxy) is 2. The van der Waals surface area contributed by atoms with Gasteiger partial charge in [0.15, 0.2) is 10.3 Å². The number of halogens is 6. The molecule has 4 heterocycles. The lowest BCUT2D eigenvalue weighted by molar-refractivity contribution is 0.0691. The Kier molecular flexibility index (Phi) is 17.0. The quantitative estimate of drug-likeness (QED) is 0.109. The van der Waals surface area contributed by atoms with Gasteiger partial charge in [-0.05, 0) is 78.1 Å². The normalized spacial score (nSPS) is 15.0. The molecule has 2 aromatic carbocycles. The SMILES string of the molecule is CN1CCC(N)CC1.COc1cc(C(=O)NC2CCN(C)CC2)c(F)cc1Nc1ncc(Cl)c(Cl)n1.COc1cc(C(=O)O)c(F)cc1Nc1ncc(Cl)c(Cl)n1. The summed E-state index contributed by atoms with van der Waals surface area (Å²) < 4.78 is 38.6. The molecule has 2 fully saturated rings. The van der Waals surface area contributed by atoms with Crippen LogP contribution in [-0.4, -0.2) is 113 Å². The van der Waals surface area contributed by atoms with Crippen LogP contribution < -0.4 is 31.2 Å². The highest BCUT2D eigenvalue weighted by Gasteiger charge is 2.23. The number of carbonyl (C=O) groups excluding carboxylic acids is 1. The van der Waals surface area contributed by atoms with Crippen LogP contribution in [0.2, 0.25) is 20.4 Å². The maximum Gasteiger partial charge on any atom is 0.338 e. The number of piperidine rings is 2. The first-order chi connectivity index (χ1) is 27.1. The van der Waals surface area contributed by atoms with Crippen LogP contribution in [0.4, 0.5) is 32.1 Å². The van der Waals surface area contributed by atoms with Gasteiger partial charge in [0.25, 0.3) is 5.91 Å². The molecule has 0 spiro atoms. The Bertz CT molecular complexity index is 2010. The van der Waals surface area contributed by atoms with Crippen LogP contribution >= 0.6 is 46.4 Å². The number of hydrogen-bond acceptors (Lipinski definition) is 13. The number of rotatable bonds is 9. The zero-order valence-electron chi connectivity index (χ0n) is 31.4. The van der Waals surface area contributed by atoms with E-state index in [0.717, 1.165) is 44.1 Å². The summed E-state index contributed by atoms with van der Waals surface area (Å²) in [6.45, 7) is 4.15. The molecule has 2 aromatic heterocycles. The molecule has 0 bridgehead atoms. The van der Waals surface area contributed by atoms with Crippen molar-refractivity contribution in [2.45, 2.75) is 37.8 Å². The summed E-state index contributed by atoms with van der Waals surface area (Å²) in [5, 5.41) is 17.7. The minimum Gasteiger partial charge on any atom is -0.495 e. The molecule has 0 saturated carbocycles. The highest BCUT2D eigenvalue weighted by Crippen LogP contribution is 2.32. The first kappa shape index (κ1) is 45.3. The number of benzene rings is 2. The molecule has 4 aromatic rings. The fraction of sp³-hybridized carbons (Fsp3) is 0.389. The molecule has 6 rings (SSSR count). The Morgan fingerprint density at radius 1 is 0.754 bits per heavy atom. The second-order valence-corrected chi connectivity index (χ2v) is 14.5. The Morgan fingerprint density at radius 2 is 1.18 bits per heavy atom. The van der Waals surface area contributed by atoms with E-state index in [-0.39, 0.29) is 66.7 Å². The van der Waals surface area contributed by atoms with Crippen molar-refractivity contribution in [2.24, 2.45) is 5.73 Å². The number of amides is 1. The van der Waals surface area contributed by atoms with Gasteiger partial charge in [-0.25, -0.2) is 23.5 Å². The fourth-order valence-corrected chi connectivity index (χ4v) is 5.92. The van der Waals surface area contributed by atoms with Crippen LogP contribution in [-0.2, 0) is 0 Å². The van der Waals surface area contributed by atoms with E-state index in [0.29, 0.717) is 6.04 Å². The number of carboxylic acids is 1. The summed E-state index contributed by atoms with van der Waals surface area (Å²) in [6, 6.07) is 5.03. The van der Waals surface area contributed by atoms with Crippen molar-refractivity contribution in [1.82, 2.24) is 35.1 Å². The standard InChI is InChI=1S/C18H20Cl2FN5O2.C12H8Cl2FN3O3.C6H14N2/c1-26-5-3-10(4-6-26)23-17(27)11-7-15(28-2)14(8-13(11)21)24-18-22-9-12(19)16(20)25-18;1-21-9-2-5(11(19)20)7(15)3-8(9)17-12-16-4-6(13)10(14)18-12;1-8-4-2-6(7)3-5-8/h7-10H,3-6H2,1-2H3,(H,23,27)(H,22,24,25);2-4H,1H3,(H,19,20)(H,16,17,18);6H,2-5,7H2,1H3. The van der Waals surface area contributed by atoms with Crippen molar-refractivity contribution in [3.63, 3.8) is 0 Å². The number of likely N-dealkylation sites (tertiary alicyclic amines) is 2. The molecular formula is C36H42Cl4F2N10O5. The highest BCUT2D eigenvalue weighted by molar-refractivity contribution is 6.41. The van der Waals surface area contributed by atoms with Gasteiger partial charge in [0.1, 0.15) is 23.1 Å². The largest absolute Gasteiger partial charge is 0.495 e. The third kappa shape index (κ3) is 13.3. The summed E-state index contributed by atoms with van der Waals surface area (Å²) in [5.41, 5.74) is 5.49. The van der Waals surface area contributed by atoms with Gasteiger partial charge in [0.2, 0.25) is 11.9 Å². The minimum atomic E-state index is -1.40. The molecule has 0 radical (unpaired) electrons. The molecule has 6 N–H and O–H groups in total. The van der Waals surface area contributed by atoms with Gasteiger partial charge in [-0.15, -0.1) is 0 Å². The van der Waals surface area contributed by atoms with E-state index in [1.807, 2.05) is 7.05 Å². The van der Waals surface area contributed by atoms with Crippen molar-refractivity contribution in [2.75, 3.05) is 65.1 Å². The lowest BCUT2D eigenvalue weighted by atomic mass is 10.0. The van der Waals surface area contributed by atoms with Gasteiger partial charge in [-0.3, -0.25) is 4.79 Å². The number of nitrogens with two attached hydrogens (primary N) is 1. The Balaban J connectivity index is 0.000000217. The van der Waals surface area contributed by atoms with E-state index in [9.17, 15) is 18.4 Å². The average Bonchev–Trinajstić information content (AvgIpc) is 3.17. The maximum absolute atomic E-state index is 14.6. The first-order valence-corrected chi connectivity index (χ1v) is 18.9. The Morgan fingerprint density at radius 3 is 1.58 bits per heavy atom. The number of methoxy groups -OCH3 is 2. The number of aromatic nitrogens is 4. The smallest absolute Gasteiger partial charge is 0.338 e. The van der Waals surface area contributed by atoms with Crippen LogP contribution in [0.15, 0.2) is 36.7 Å². The topological polar surface area (TPSA) is 193 Å². The number of nitrogens with one attached hydrogen (secondary N) is 3. The van der Waals surface area contributed by atoms with Crippen LogP contribution in [0, 0.1) is 11.6 Å². The van der Waals surface area contributed by atoms with Crippen molar-refractivity contribution in [1.29, 1.82) is 0 Å². The zero-order chi connectivity index (χ0) is 41.8. The van der Waals surface area contributed by atoms with Gasteiger partial charge in [-0.2, -0.15) is 9.97 Å². The van der Waals surface area contributed by atoms with Gasteiger partial charge in [0.05, 0.1) is 59.2 Å². The molecule has 0 unspecified atom stereocenters. The second-order valence-electron chi connectivity index (χ2n) is 13.0. The van der Waals surface area contributed by atoms with E-state index in [1.165, 1.54) is 58.6 Å². The Labute approximate surface area is 348 Å². The van der Waals surface area contributed by atoms with Crippen LogP contribution in [0.1, 0.15) is 46.4 Å². The summed E-state index contributed by atoms with van der Waals surface area (Å²) in [4.78, 5) is 43.6. The minimum absolute atomic E-state index is 0.0239. The van der Waals surface area contributed by atoms with Crippen molar-refractivity contribution in [3.05, 3.63) is 79.8 Å². The predicted molar refractivity (Wildman–Crippen MR) is 216 cm³/mol. The third-order valence-electron chi connectivity index (χ3n) is 8.77. The van der Waals surface area contributed by atoms with E-state index in [1.54, 1.807) is 0 Å². The van der Waals surface area contributed by atoms with Gasteiger partial charge in [-0.1, -0.05) is 46.4 Å². The van der Waals surface area contributed by atoms with Gasteiger partial charge >= 0.3 is 5.97 Å². The molecule has 1 amide bonds. The van der Waals surface area contributed by atoms with E-state index < -0.39 is 29.1 Å².